The van der Waals surface area contributed by atoms with Crippen molar-refractivity contribution in [3.8, 4) is 0 Å². The Morgan fingerprint density at radius 2 is 1.44 bits per heavy atom. The first-order chi connectivity index (χ1) is 7.83. The molecule has 0 aliphatic carbocycles. The molecule has 0 radical (unpaired) electrons. The van der Waals surface area contributed by atoms with Gasteiger partial charge in [0.15, 0.2) is 0 Å². The maximum absolute atomic E-state index is 11.2. The molecular formula is C10H14O6S2. The van der Waals surface area contributed by atoms with Crippen molar-refractivity contribution in [2.24, 2.45) is 0 Å². The second-order valence-electron chi connectivity index (χ2n) is 4.86. The molecule has 1 rings (SSSR count). The normalized spacial score (nSPS) is 13.6. The van der Waals surface area contributed by atoms with Gasteiger partial charge in [0, 0.05) is 0 Å². The van der Waals surface area contributed by atoms with Crippen LogP contribution in [0, 0.1) is 0 Å². The minimum atomic E-state index is -4.46. The van der Waals surface area contributed by atoms with Gasteiger partial charge in [-0.05, 0) is 29.2 Å². The molecule has 1 aromatic rings. The first-order valence-electron chi connectivity index (χ1n) is 4.93. The first-order valence-corrected chi connectivity index (χ1v) is 7.81. The maximum Gasteiger partial charge on any atom is 0.294 e. The highest BCUT2D eigenvalue weighted by Gasteiger charge is 2.26. The Morgan fingerprint density at radius 3 is 1.78 bits per heavy atom. The number of benzene rings is 1. The van der Waals surface area contributed by atoms with Crippen LogP contribution in [0.1, 0.15) is 26.3 Å². The Hall–Kier alpha value is -0.960. The van der Waals surface area contributed by atoms with E-state index in [0.29, 0.717) is 0 Å². The van der Waals surface area contributed by atoms with Crippen molar-refractivity contribution < 1.29 is 25.9 Å². The Morgan fingerprint density at radius 1 is 0.944 bits per heavy atom. The molecule has 0 aliphatic rings. The average Bonchev–Trinajstić information content (AvgIpc) is 2.12. The molecule has 102 valence electrons. The second kappa shape index (κ2) is 4.30. The van der Waals surface area contributed by atoms with E-state index in [2.05, 4.69) is 0 Å². The van der Waals surface area contributed by atoms with Gasteiger partial charge < -0.3 is 0 Å². The van der Waals surface area contributed by atoms with Gasteiger partial charge in [0.05, 0.1) is 9.79 Å². The van der Waals surface area contributed by atoms with E-state index in [1.54, 1.807) is 20.8 Å². The molecular weight excluding hydrogens is 280 g/mol. The fourth-order valence-corrected chi connectivity index (χ4v) is 2.87. The van der Waals surface area contributed by atoms with Crippen molar-refractivity contribution in [3.05, 3.63) is 23.8 Å². The third-order valence-corrected chi connectivity index (χ3v) is 4.10. The van der Waals surface area contributed by atoms with Gasteiger partial charge in [0.1, 0.15) is 0 Å². The van der Waals surface area contributed by atoms with Crippen molar-refractivity contribution in [3.63, 3.8) is 0 Å². The smallest absolute Gasteiger partial charge is 0.282 e. The Labute approximate surface area is 106 Å². The van der Waals surface area contributed by atoms with Gasteiger partial charge >= 0.3 is 0 Å². The topological polar surface area (TPSA) is 109 Å². The Balaban J connectivity index is 3.71. The van der Waals surface area contributed by atoms with Crippen molar-refractivity contribution in [2.75, 3.05) is 0 Å². The van der Waals surface area contributed by atoms with E-state index < -0.39 is 30.5 Å². The number of hydrogen-bond acceptors (Lipinski definition) is 4. The van der Waals surface area contributed by atoms with Crippen LogP contribution in [0.25, 0.3) is 0 Å². The number of rotatable bonds is 2. The van der Waals surface area contributed by atoms with E-state index in [1.165, 1.54) is 0 Å². The van der Waals surface area contributed by atoms with Crippen molar-refractivity contribution in [1.29, 1.82) is 0 Å². The number of hydrogen-bond donors (Lipinski definition) is 2. The summed E-state index contributed by atoms with van der Waals surface area (Å²) in [6.45, 7) is 4.97. The zero-order valence-electron chi connectivity index (χ0n) is 10.1. The van der Waals surface area contributed by atoms with Crippen molar-refractivity contribution in [2.45, 2.75) is 36.0 Å². The largest absolute Gasteiger partial charge is 0.294 e. The lowest BCUT2D eigenvalue weighted by Gasteiger charge is -2.22. The van der Waals surface area contributed by atoms with Crippen LogP contribution in [0.15, 0.2) is 28.0 Å². The molecule has 18 heavy (non-hydrogen) atoms. The highest BCUT2D eigenvalue weighted by molar-refractivity contribution is 7.86. The molecule has 0 fully saturated rings. The minimum Gasteiger partial charge on any atom is -0.282 e. The molecule has 0 unspecified atom stereocenters. The summed E-state index contributed by atoms with van der Waals surface area (Å²) in [7, 11) is -8.88. The molecule has 0 bridgehead atoms. The summed E-state index contributed by atoms with van der Waals surface area (Å²) in [6, 6.07) is 2.92. The van der Waals surface area contributed by atoms with E-state index >= 15 is 0 Å². The Kier molecular flexibility index (Phi) is 3.61. The van der Waals surface area contributed by atoms with Crippen LogP contribution in [0.5, 0.6) is 0 Å². The van der Waals surface area contributed by atoms with Crippen LogP contribution in [0.4, 0.5) is 0 Å². The van der Waals surface area contributed by atoms with Gasteiger partial charge in [0.25, 0.3) is 20.2 Å². The van der Waals surface area contributed by atoms with E-state index in [1.807, 2.05) is 0 Å². The van der Waals surface area contributed by atoms with Crippen LogP contribution in [0.3, 0.4) is 0 Å². The van der Waals surface area contributed by atoms with E-state index in [0.717, 1.165) is 18.2 Å². The molecule has 0 saturated carbocycles. The van der Waals surface area contributed by atoms with Crippen LogP contribution in [0.2, 0.25) is 0 Å². The molecule has 0 aromatic heterocycles. The molecule has 0 atom stereocenters. The van der Waals surface area contributed by atoms with Gasteiger partial charge in [-0.2, -0.15) is 16.8 Å². The highest BCUT2D eigenvalue weighted by Crippen LogP contribution is 2.30. The zero-order valence-corrected chi connectivity index (χ0v) is 11.7. The third-order valence-electron chi connectivity index (χ3n) is 2.33. The van der Waals surface area contributed by atoms with Gasteiger partial charge in [-0.25, -0.2) is 0 Å². The van der Waals surface area contributed by atoms with E-state index in [-0.39, 0.29) is 10.5 Å². The average molecular weight is 294 g/mol. The lowest BCUT2D eigenvalue weighted by Crippen LogP contribution is -2.17. The van der Waals surface area contributed by atoms with Crippen LogP contribution in [-0.2, 0) is 25.7 Å². The summed E-state index contributed by atoms with van der Waals surface area (Å²) in [5, 5.41) is 0. The van der Waals surface area contributed by atoms with Crippen molar-refractivity contribution >= 4 is 20.2 Å². The molecule has 0 heterocycles. The van der Waals surface area contributed by atoms with Gasteiger partial charge in [-0.15, -0.1) is 0 Å². The fourth-order valence-electron chi connectivity index (χ4n) is 1.48. The summed E-state index contributed by atoms with van der Waals surface area (Å²) < 4.78 is 62.5. The summed E-state index contributed by atoms with van der Waals surface area (Å²) in [5.41, 5.74) is -0.605. The van der Waals surface area contributed by atoms with Crippen LogP contribution >= 0.6 is 0 Å². The quantitative estimate of drug-likeness (QED) is 0.800. The minimum absolute atomic E-state index is 0.111. The van der Waals surface area contributed by atoms with Gasteiger partial charge in [0.2, 0.25) is 0 Å². The lowest BCUT2D eigenvalue weighted by atomic mass is 9.87. The summed E-state index contributed by atoms with van der Waals surface area (Å²) in [6.07, 6.45) is 0. The van der Waals surface area contributed by atoms with Crippen molar-refractivity contribution in [1.82, 2.24) is 0 Å². The van der Waals surface area contributed by atoms with Crippen LogP contribution in [-0.4, -0.2) is 25.9 Å². The third kappa shape index (κ3) is 3.29. The first kappa shape index (κ1) is 15.1. The lowest BCUT2D eigenvalue weighted by molar-refractivity contribution is 0.472. The summed E-state index contributed by atoms with van der Waals surface area (Å²) in [5.74, 6) is 0. The molecule has 0 amide bonds. The van der Waals surface area contributed by atoms with E-state index in [9.17, 15) is 16.8 Å². The molecule has 1 aromatic carbocycles. The molecule has 0 spiro atoms. The Bertz CT molecular complexity index is 665. The molecule has 2 N–H and O–H groups in total. The zero-order chi connectivity index (χ0) is 14.4. The van der Waals surface area contributed by atoms with Crippen LogP contribution < -0.4 is 0 Å². The summed E-state index contributed by atoms with van der Waals surface area (Å²) in [4.78, 5) is -0.790. The molecule has 8 heteroatoms. The summed E-state index contributed by atoms with van der Waals surface area (Å²) >= 11 is 0. The second-order valence-corrected chi connectivity index (χ2v) is 7.67. The monoisotopic (exact) mass is 294 g/mol. The molecule has 0 aliphatic heterocycles. The predicted molar refractivity (Wildman–Crippen MR) is 64.8 cm³/mol. The molecule has 0 saturated heterocycles. The molecule has 6 nitrogen and oxygen atoms in total. The maximum atomic E-state index is 11.2. The van der Waals surface area contributed by atoms with E-state index in [4.69, 9.17) is 9.11 Å². The predicted octanol–water partition coefficient (Wildman–Crippen LogP) is 1.48. The SMILES string of the molecule is CC(C)(C)c1cc(S(=O)(=O)O)ccc1S(=O)(=O)O. The van der Waals surface area contributed by atoms with Gasteiger partial charge in [-0.3, -0.25) is 9.11 Å². The highest BCUT2D eigenvalue weighted by atomic mass is 32.2. The fraction of sp³-hybridized carbons (Fsp3) is 0.400. The van der Waals surface area contributed by atoms with Gasteiger partial charge in [-0.1, -0.05) is 20.8 Å². The standard InChI is InChI=1S/C10H14O6S2/c1-10(2,3)8-6-7(17(11,12)13)4-5-9(8)18(14,15)16/h4-6H,1-3H3,(H,11,12,13)(H,14,15,16).